The highest BCUT2D eigenvalue weighted by Crippen LogP contribution is 2.32. The molecule has 4 nitrogen and oxygen atoms in total. The summed E-state index contributed by atoms with van der Waals surface area (Å²) in [5.41, 5.74) is 4.37. The van der Waals surface area contributed by atoms with Crippen LogP contribution >= 0.6 is 0 Å². The maximum atomic E-state index is 12.3. The van der Waals surface area contributed by atoms with Crippen molar-refractivity contribution in [3.63, 3.8) is 0 Å². The number of methoxy groups -OCH3 is 1. The molecule has 0 atom stereocenters. The third-order valence-electron chi connectivity index (χ3n) is 4.36. The van der Waals surface area contributed by atoms with Crippen molar-refractivity contribution < 1.29 is 9.53 Å². The van der Waals surface area contributed by atoms with E-state index in [4.69, 9.17) is 4.74 Å². The first kappa shape index (κ1) is 14.5. The van der Waals surface area contributed by atoms with E-state index in [0.29, 0.717) is 5.56 Å². The molecular weight excluding hydrogens is 300 g/mol. The van der Waals surface area contributed by atoms with Crippen LogP contribution in [-0.4, -0.2) is 22.6 Å². The predicted molar refractivity (Wildman–Crippen MR) is 94.7 cm³/mol. The molecule has 2 heterocycles. The van der Waals surface area contributed by atoms with Gasteiger partial charge in [-0.25, -0.2) is 4.79 Å². The summed E-state index contributed by atoms with van der Waals surface area (Å²) in [5, 5.41) is 1.93. The van der Waals surface area contributed by atoms with E-state index in [-0.39, 0.29) is 5.97 Å². The van der Waals surface area contributed by atoms with E-state index >= 15 is 0 Å². The van der Waals surface area contributed by atoms with Crippen LogP contribution in [0.3, 0.4) is 0 Å². The monoisotopic (exact) mass is 316 g/mol. The van der Waals surface area contributed by atoms with E-state index < -0.39 is 0 Å². The fourth-order valence-electron chi connectivity index (χ4n) is 3.32. The van der Waals surface area contributed by atoms with Crippen LogP contribution in [0.1, 0.15) is 16.1 Å². The van der Waals surface area contributed by atoms with Gasteiger partial charge in [-0.2, -0.15) is 0 Å². The summed E-state index contributed by atoms with van der Waals surface area (Å²) >= 11 is 0. The summed E-state index contributed by atoms with van der Waals surface area (Å²) in [6, 6.07) is 17.9. The summed E-state index contributed by atoms with van der Waals surface area (Å²) in [6.07, 6.45) is 1.78. The zero-order chi connectivity index (χ0) is 16.7. The normalized spacial score (nSPS) is 11.1. The lowest BCUT2D eigenvalue weighted by molar-refractivity contribution is 0.0602. The standard InChI is InChI=1S/C20H16N2O2/c1-13-19(20(23)24-2)15-7-3-4-10-18(15)22(13)17-11-5-9-16-14(17)8-6-12-21-16/h3-12H,1-2H3. The van der Waals surface area contributed by atoms with E-state index in [1.165, 1.54) is 7.11 Å². The maximum Gasteiger partial charge on any atom is 0.340 e. The van der Waals surface area contributed by atoms with Crippen molar-refractivity contribution in [2.24, 2.45) is 0 Å². The number of hydrogen-bond donors (Lipinski definition) is 0. The van der Waals surface area contributed by atoms with Crippen molar-refractivity contribution in [2.75, 3.05) is 7.11 Å². The number of hydrogen-bond acceptors (Lipinski definition) is 3. The molecule has 0 unspecified atom stereocenters. The van der Waals surface area contributed by atoms with Gasteiger partial charge in [-0.3, -0.25) is 4.98 Å². The molecule has 2 aromatic carbocycles. The summed E-state index contributed by atoms with van der Waals surface area (Å²) in [7, 11) is 1.41. The molecule has 4 rings (SSSR count). The molecule has 0 fully saturated rings. The van der Waals surface area contributed by atoms with E-state index in [9.17, 15) is 4.79 Å². The molecule has 0 saturated carbocycles. The van der Waals surface area contributed by atoms with E-state index in [1.54, 1.807) is 6.20 Å². The SMILES string of the molecule is COC(=O)c1c(C)n(-c2cccc3ncccc23)c2ccccc12. The summed E-state index contributed by atoms with van der Waals surface area (Å²) < 4.78 is 7.10. The maximum absolute atomic E-state index is 12.3. The second kappa shape index (κ2) is 5.49. The Kier molecular flexibility index (Phi) is 3.31. The number of aromatic nitrogens is 2. The molecule has 118 valence electrons. The topological polar surface area (TPSA) is 44.1 Å². The van der Waals surface area contributed by atoms with Crippen molar-refractivity contribution in [3.8, 4) is 5.69 Å². The Morgan fingerprint density at radius 1 is 1.00 bits per heavy atom. The lowest BCUT2D eigenvalue weighted by Crippen LogP contribution is -2.04. The number of esters is 1. The van der Waals surface area contributed by atoms with Gasteiger partial charge in [-0.05, 0) is 37.3 Å². The first-order valence-electron chi connectivity index (χ1n) is 7.75. The van der Waals surface area contributed by atoms with Crippen LogP contribution in [0.4, 0.5) is 0 Å². The second-order valence-electron chi connectivity index (χ2n) is 5.65. The van der Waals surface area contributed by atoms with E-state index in [2.05, 4.69) is 9.55 Å². The van der Waals surface area contributed by atoms with Crippen LogP contribution in [0.15, 0.2) is 60.8 Å². The number of carbonyl (C=O) groups excluding carboxylic acids is 1. The van der Waals surface area contributed by atoms with Crippen molar-refractivity contribution in [3.05, 3.63) is 72.1 Å². The number of pyridine rings is 1. The van der Waals surface area contributed by atoms with E-state index in [1.807, 2.05) is 61.5 Å². The molecule has 0 bridgehead atoms. The Balaban J connectivity index is 2.14. The van der Waals surface area contributed by atoms with Gasteiger partial charge in [0, 0.05) is 22.7 Å². The molecule has 0 radical (unpaired) electrons. The van der Waals surface area contributed by atoms with Gasteiger partial charge in [-0.15, -0.1) is 0 Å². The molecule has 0 N–H and O–H groups in total. The molecule has 2 aromatic heterocycles. The second-order valence-corrected chi connectivity index (χ2v) is 5.65. The Bertz CT molecular complexity index is 1070. The van der Waals surface area contributed by atoms with Crippen LogP contribution in [0, 0.1) is 6.92 Å². The Morgan fingerprint density at radius 3 is 2.62 bits per heavy atom. The highest BCUT2D eigenvalue weighted by atomic mass is 16.5. The van der Waals surface area contributed by atoms with Crippen LogP contribution in [0.5, 0.6) is 0 Å². The predicted octanol–water partition coefficient (Wildman–Crippen LogP) is 4.27. The number of para-hydroxylation sites is 1. The third-order valence-corrected chi connectivity index (χ3v) is 4.36. The molecule has 4 aromatic rings. The van der Waals surface area contributed by atoms with Gasteiger partial charge in [0.15, 0.2) is 0 Å². The molecule has 4 heteroatoms. The minimum Gasteiger partial charge on any atom is -0.465 e. The highest BCUT2D eigenvalue weighted by molar-refractivity contribution is 6.07. The third kappa shape index (κ3) is 2.00. The van der Waals surface area contributed by atoms with Crippen molar-refractivity contribution >= 4 is 27.8 Å². The first-order valence-corrected chi connectivity index (χ1v) is 7.75. The Hall–Kier alpha value is -3.14. The number of nitrogens with zero attached hydrogens (tertiary/aromatic N) is 2. The van der Waals surface area contributed by atoms with Gasteiger partial charge in [0.2, 0.25) is 0 Å². The Labute approximate surface area is 139 Å². The average molecular weight is 316 g/mol. The van der Waals surface area contributed by atoms with Crippen molar-refractivity contribution in [1.82, 2.24) is 9.55 Å². The largest absolute Gasteiger partial charge is 0.465 e. The number of ether oxygens (including phenoxy) is 1. The van der Waals surface area contributed by atoms with Crippen LogP contribution in [0.25, 0.3) is 27.5 Å². The lowest BCUT2D eigenvalue weighted by Gasteiger charge is -2.11. The van der Waals surface area contributed by atoms with Crippen molar-refractivity contribution in [1.29, 1.82) is 0 Å². The van der Waals surface area contributed by atoms with Crippen LogP contribution < -0.4 is 0 Å². The van der Waals surface area contributed by atoms with Gasteiger partial charge < -0.3 is 9.30 Å². The van der Waals surface area contributed by atoms with Crippen molar-refractivity contribution in [2.45, 2.75) is 6.92 Å². The number of carbonyl (C=O) groups is 1. The summed E-state index contributed by atoms with van der Waals surface area (Å²) in [6.45, 7) is 1.95. The number of rotatable bonds is 2. The van der Waals surface area contributed by atoms with E-state index in [0.717, 1.165) is 33.2 Å². The number of benzene rings is 2. The molecule has 0 aliphatic carbocycles. The highest BCUT2D eigenvalue weighted by Gasteiger charge is 2.21. The van der Waals surface area contributed by atoms with Gasteiger partial charge in [-0.1, -0.05) is 24.3 Å². The fraction of sp³-hybridized carbons (Fsp3) is 0.100. The van der Waals surface area contributed by atoms with Gasteiger partial charge in [0.25, 0.3) is 0 Å². The molecular formula is C20H16N2O2. The quantitative estimate of drug-likeness (QED) is 0.519. The van der Waals surface area contributed by atoms with Crippen LogP contribution in [0.2, 0.25) is 0 Å². The molecule has 0 aliphatic rings. The Morgan fingerprint density at radius 2 is 1.79 bits per heavy atom. The van der Waals surface area contributed by atoms with Gasteiger partial charge >= 0.3 is 5.97 Å². The zero-order valence-corrected chi connectivity index (χ0v) is 13.5. The van der Waals surface area contributed by atoms with Gasteiger partial charge in [0.1, 0.15) is 0 Å². The number of fused-ring (bicyclic) bond motifs is 2. The summed E-state index contributed by atoms with van der Waals surface area (Å²) in [4.78, 5) is 16.7. The van der Waals surface area contributed by atoms with Crippen LogP contribution in [-0.2, 0) is 4.74 Å². The smallest absolute Gasteiger partial charge is 0.340 e. The zero-order valence-electron chi connectivity index (χ0n) is 13.5. The molecule has 0 spiro atoms. The molecule has 0 saturated heterocycles. The first-order chi connectivity index (χ1) is 11.7. The fourth-order valence-corrected chi connectivity index (χ4v) is 3.32. The molecule has 0 aliphatic heterocycles. The lowest BCUT2D eigenvalue weighted by atomic mass is 10.1. The molecule has 24 heavy (non-hydrogen) atoms. The average Bonchev–Trinajstić information content (AvgIpc) is 2.92. The minimum absolute atomic E-state index is 0.319. The molecule has 0 amide bonds. The summed E-state index contributed by atoms with van der Waals surface area (Å²) in [5.74, 6) is -0.319. The minimum atomic E-state index is -0.319. The van der Waals surface area contributed by atoms with Gasteiger partial charge in [0.05, 0.1) is 29.4 Å².